The predicted molar refractivity (Wildman–Crippen MR) is 73.8 cm³/mol. The van der Waals surface area contributed by atoms with Crippen LogP contribution in [0.4, 0.5) is 0 Å². The molecule has 0 radical (unpaired) electrons. The minimum Gasteiger partial charge on any atom is -0.497 e. The maximum absolute atomic E-state index is 12.1. The van der Waals surface area contributed by atoms with Crippen molar-refractivity contribution in [2.45, 2.75) is 31.7 Å². The van der Waals surface area contributed by atoms with Gasteiger partial charge in [0.2, 0.25) is 0 Å². The van der Waals surface area contributed by atoms with Crippen LogP contribution in [0.5, 0.6) is 5.75 Å². The smallest absolute Gasteiger partial charge is 0.306 e. The quantitative estimate of drug-likeness (QED) is 0.883. The van der Waals surface area contributed by atoms with Gasteiger partial charge in [-0.25, -0.2) is 0 Å². The molecule has 0 bridgehead atoms. The largest absolute Gasteiger partial charge is 0.497 e. The SMILES string of the molecule is COc1ccc(C(=O)NC2CCC(C(=O)O)CC2)cc1. The summed E-state index contributed by atoms with van der Waals surface area (Å²) < 4.78 is 5.05. The van der Waals surface area contributed by atoms with Gasteiger partial charge in [-0.05, 0) is 49.9 Å². The summed E-state index contributed by atoms with van der Waals surface area (Å²) in [6.07, 6.45) is 2.70. The molecule has 0 aliphatic heterocycles. The number of carboxylic acids is 1. The Morgan fingerprint density at radius 1 is 1.15 bits per heavy atom. The van der Waals surface area contributed by atoms with Gasteiger partial charge in [0, 0.05) is 11.6 Å². The van der Waals surface area contributed by atoms with Gasteiger partial charge in [-0.1, -0.05) is 0 Å². The molecule has 2 N–H and O–H groups in total. The molecule has 1 aromatic rings. The first kappa shape index (κ1) is 14.4. The van der Waals surface area contributed by atoms with Crippen molar-refractivity contribution in [1.82, 2.24) is 5.32 Å². The van der Waals surface area contributed by atoms with Gasteiger partial charge in [0.25, 0.3) is 5.91 Å². The molecule has 0 atom stereocenters. The van der Waals surface area contributed by atoms with E-state index in [1.807, 2.05) is 0 Å². The maximum Gasteiger partial charge on any atom is 0.306 e. The predicted octanol–water partition coefficient (Wildman–Crippen LogP) is 2.07. The highest BCUT2D eigenvalue weighted by Crippen LogP contribution is 2.24. The Morgan fingerprint density at radius 3 is 2.25 bits per heavy atom. The third kappa shape index (κ3) is 3.50. The molecule has 5 heteroatoms. The van der Waals surface area contributed by atoms with Crippen LogP contribution in [0.3, 0.4) is 0 Å². The van der Waals surface area contributed by atoms with Gasteiger partial charge >= 0.3 is 5.97 Å². The number of rotatable bonds is 4. The Hall–Kier alpha value is -2.04. The molecule has 1 aromatic carbocycles. The number of carbonyl (C=O) groups is 2. The second-order valence-electron chi connectivity index (χ2n) is 5.09. The van der Waals surface area contributed by atoms with Crippen molar-refractivity contribution < 1.29 is 19.4 Å². The molecule has 0 heterocycles. The van der Waals surface area contributed by atoms with Crippen LogP contribution >= 0.6 is 0 Å². The van der Waals surface area contributed by atoms with Gasteiger partial charge in [-0.15, -0.1) is 0 Å². The second-order valence-corrected chi connectivity index (χ2v) is 5.09. The number of hydrogen-bond donors (Lipinski definition) is 2. The number of hydrogen-bond acceptors (Lipinski definition) is 3. The van der Waals surface area contributed by atoms with E-state index in [9.17, 15) is 9.59 Å². The number of methoxy groups -OCH3 is 1. The average molecular weight is 277 g/mol. The molecular formula is C15H19NO4. The van der Waals surface area contributed by atoms with E-state index in [4.69, 9.17) is 9.84 Å². The van der Waals surface area contributed by atoms with Crippen molar-refractivity contribution in [3.63, 3.8) is 0 Å². The molecule has 0 saturated heterocycles. The fourth-order valence-corrected chi connectivity index (χ4v) is 2.50. The number of benzene rings is 1. The average Bonchev–Trinajstić information content (AvgIpc) is 2.48. The third-order valence-corrected chi connectivity index (χ3v) is 3.76. The van der Waals surface area contributed by atoms with E-state index < -0.39 is 5.97 Å². The summed E-state index contributed by atoms with van der Waals surface area (Å²) in [5.74, 6) is -0.399. The molecule has 1 aliphatic rings. The van der Waals surface area contributed by atoms with Gasteiger partial charge in [-0.2, -0.15) is 0 Å². The van der Waals surface area contributed by atoms with Crippen LogP contribution in [0.15, 0.2) is 24.3 Å². The zero-order chi connectivity index (χ0) is 14.5. The molecular weight excluding hydrogens is 258 g/mol. The van der Waals surface area contributed by atoms with Crippen LogP contribution in [-0.4, -0.2) is 30.1 Å². The number of ether oxygens (including phenoxy) is 1. The Kier molecular flexibility index (Phi) is 4.61. The minimum absolute atomic E-state index is 0.0696. The van der Waals surface area contributed by atoms with Crippen molar-refractivity contribution >= 4 is 11.9 Å². The van der Waals surface area contributed by atoms with Crippen molar-refractivity contribution in [2.75, 3.05) is 7.11 Å². The van der Waals surface area contributed by atoms with Crippen LogP contribution in [0, 0.1) is 5.92 Å². The maximum atomic E-state index is 12.1. The summed E-state index contributed by atoms with van der Waals surface area (Å²) in [6.45, 7) is 0. The normalized spacial score (nSPS) is 22.1. The second kappa shape index (κ2) is 6.41. The lowest BCUT2D eigenvalue weighted by atomic mass is 9.86. The molecule has 1 saturated carbocycles. The van der Waals surface area contributed by atoms with Crippen LogP contribution in [0.25, 0.3) is 0 Å². The van der Waals surface area contributed by atoms with Crippen LogP contribution in [0.1, 0.15) is 36.0 Å². The monoisotopic (exact) mass is 277 g/mol. The summed E-state index contributed by atoms with van der Waals surface area (Å²) in [7, 11) is 1.58. The van der Waals surface area contributed by atoms with Gasteiger partial charge in [0.15, 0.2) is 0 Å². The first-order valence-electron chi connectivity index (χ1n) is 6.78. The van der Waals surface area contributed by atoms with Crippen LogP contribution < -0.4 is 10.1 Å². The Bertz CT molecular complexity index is 475. The van der Waals surface area contributed by atoms with E-state index in [0.29, 0.717) is 24.2 Å². The molecule has 0 unspecified atom stereocenters. The van der Waals surface area contributed by atoms with Crippen LogP contribution in [0.2, 0.25) is 0 Å². The highest BCUT2D eigenvalue weighted by atomic mass is 16.5. The molecule has 1 aliphatic carbocycles. The summed E-state index contributed by atoms with van der Waals surface area (Å²) >= 11 is 0. The zero-order valence-electron chi connectivity index (χ0n) is 11.5. The van der Waals surface area contributed by atoms with Crippen molar-refractivity contribution in [3.05, 3.63) is 29.8 Å². The molecule has 5 nitrogen and oxygen atoms in total. The Morgan fingerprint density at radius 2 is 1.75 bits per heavy atom. The summed E-state index contributed by atoms with van der Waals surface area (Å²) in [4.78, 5) is 22.9. The lowest BCUT2D eigenvalue weighted by molar-refractivity contribution is -0.142. The van der Waals surface area contributed by atoms with Crippen molar-refractivity contribution in [1.29, 1.82) is 0 Å². The van der Waals surface area contributed by atoms with Crippen molar-refractivity contribution in [2.24, 2.45) is 5.92 Å². The van der Waals surface area contributed by atoms with E-state index >= 15 is 0 Å². The highest BCUT2D eigenvalue weighted by molar-refractivity contribution is 5.94. The van der Waals surface area contributed by atoms with Crippen molar-refractivity contribution in [3.8, 4) is 5.75 Å². The topological polar surface area (TPSA) is 75.6 Å². The van der Waals surface area contributed by atoms with Crippen LogP contribution in [-0.2, 0) is 4.79 Å². The van der Waals surface area contributed by atoms with E-state index in [1.165, 1.54) is 0 Å². The van der Waals surface area contributed by atoms with E-state index in [-0.39, 0.29) is 17.9 Å². The first-order valence-corrected chi connectivity index (χ1v) is 6.78. The van der Waals surface area contributed by atoms with E-state index in [0.717, 1.165) is 12.8 Å². The fraction of sp³-hybridized carbons (Fsp3) is 0.467. The van der Waals surface area contributed by atoms with E-state index in [2.05, 4.69) is 5.32 Å². The van der Waals surface area contributed by atoms with Gasteiger partial charge in [0.05, 0.1) is 13.0 Å². The Labute approximate surface area is 117 Å². The first-order chi connectivity index (χ1) is 9.60. The molecule has 0 spiro atoms. The zero-order valence-corrected chi connectivity index (χ0v) is 11.5. The molecule has 1 amide bonds. The molecule has 0 aromatic heterocycles. The van der Waals surface area contributed by atoms with Gasteiger partial charge < -0.3 is 15.2 Å². The summed E-state index contributed by atoms with van der Waals surface area (Å²) in [5, 5.41) is 11.9. The molecule has 108 valence electrons. The standard InChI is InChI=1S/C15H19NO4/c1-20-13-8-4-10(5-9-13)14(17)16-12-6-2-11(3-7-12)15(18)19/h4-5,8-9,11-12H,2-3,6-7H2,1H3,(H,16,17)(H,18,19). The van der Waals surface area contributed by atoms with E-state index in [1.54, 1.807) is 31.4 Å². The lowest BCUT2D eigenvalue weighted by Crippen LogP contribution is -2.38. The number of nitrogens with one attached hydrogen (secondary N) is 1. The number of carbonyl (C=O) groups excluding carboxylic acids is 1. The number of aliphatic carboxylic acids is 1. The number of amides is 1. The Balaban J connectivity index is 1.87. The number of carboxylic acid groups (broad SMARTS) is 1. The minimum atomic E-state index is -0.732. The fourth-order valence-electron chi connectivity index (χ4n) is 2.50. The summed E-state index contributed by atoms with van der Waals surface area (Å²) in [5.41, 5.74) is 0.589. The highest BCUT2D eigenvalue weighted by Gasteiger charge is 2.26. The molecule has 2 rings (SSSR count). The molecule has 20 heavy (non-hydrogen) atoms. The van der Waals surface area contributed by atoms with Gasteiger partial charge in [-0.3, -0.25) is 9.59 Å². The van der Waals surface area contributed by atoms with Gasteiger partial charge in [0.1, 0.15) is 5.75 Å². The molecule has 1 fully saturated rings. The third-order valence-electron chi connectivity index (χ3n) is 3.76. The summed E-state index contributed by atoms with van der Waals surface area (Å²) in [6, 6.07) is 7.00. The lowest BCUT2D eigenvalue weighted by Gasteiger charge is -2.26.